The van der Waals surface area contributed by atoms with Crippen LogP contribution < -0.4 is 29.6 Å². The van der Waals surface area contributed by atoms with Gasteiger partial charge in [0.25, 0.3) is 10.1 Å². The van der Waals surface area contributed by atoms with Gasteiger partial charge in [-0.25, -0.2) is 4.18 Å². The predicted molar refractivity (Wildman–Crippen MR) is 47.5 cm³/mol. The van der Waals surface area contributed by atoms with E-state index in [0.717, 1.165) is 0 Å². The van der Waals surface area contributed by atoms with Crippen LogP contribution in [0.15, 0.2) is 35.2 Å². The molecule has 1 aromatic rings. The summed E-state index contributed by atoms with van der Waals surface area (Å²) in [6, 6.07) is 7.66. The van der Waals surface area contributed by atoms with Crippen molar-refractivity contribution < 1.29 is 48.7 Å². The van der Waals surface area contributed by atoms with E-state index in [9.17, 15) is 8.42 Å². The molecule has 1 aromatic carbocycles. The average Bonchev–Trinajstić information content (AvgIpc) is 2.04. The molecule has 0 spiro atoms. The van der Waals surface area contributed by atoms with Crippen LogP contribution in [0.3, 0.4) is 0 Å². The van der Waals surface area contributed by atoms with Gasteiger partial charge in [-0.3, -0.25) is 0 Å². The fraction of sp³-hybridized carbons (Fsp3) is 0.250. The molecule has 1 rings (SSSR count). The molecule has 0 radical (unpaired) electrons. The number of aliphatic hydroxyl groups excluding tert-OH is 1. The number of aliphatic hydroxyl groups is 1. The van der Waals surface area contributed by atoms with Gasteiger partial charge in [-0.05, 0) is 19.1 Å². The van der Waals surface area contributed by atoms with Crippen LogP contribution in [0.2, 0.25) is 0 Å². The minimum Gasteiger partial charge on any atom is -1.00 e. The van der Waals surface area contributed by atoms with Crippen LogP contribution in [0.4, 0.5) is 0 Å². The van der Waals surface area contributed by atoms with Crippen LogP contribution in [0.5, 0.6) is 0 Å². The Labute approximate surface area is 107 Å². The van der Waals surface area contributed by atoms with Crippen LogP contribution in [-0.2, 0) is 14.3 Å². The fourth-order valence-corrected chi connectivity index (χ4v) is 1.79. The molecular formula is C8H11NaO4S. The topological polar surface area (TPSA) is 63.6 Å². The Hall–Kier alpha value is 0.0900. The summed E-state index contributed by atoms with van der Waals surface area (Å²) in [6.07, 6.45) is -1.33. The van der Waals surface area contributed by atoms with E-state index in [4.69, 9.17) is 5.11 Å². The quantitative estimate of drug-likeness (QED) is 0.362. The van der Waals surface area contributed by atoms with Gasteiger partial charge in [-0.2, -0.15) is 8.42 Å². The number of rotatable bonds is 3. The summed E-state index contributed by atoms with van der Waals surface area (Å²) in [4.78, 5) is 0.0379. The molecule has 4 nitrogen and oxygen atoms in total. The van der Waals surface area contributed by atoms with Crippen molar-refractivity contribution >= 4 is 10.1 Å². The second-order valence-electron chi connectivity index (χ2n) is 2.46. The average molecular weight is 226 g/mol. The Morgan fingerprint density at radius 3 is 2.29 bits per heavy atom. The zero-order chi connectivity index (χ0) is 9.90. The van der Waals surface area contributed by atoms with E-state index in [1.165, 1.54) is 19.1 Å². The summed E-state index contributed by atoms with van der Waals surface area (Å²) in [6.45, 7) is 1.24. The van der Waals surface area contributed by atoms with E-state index in [1.54, 1.807) is 18.2 Å². The maximum Gasteiger partial charge on any atom is 1.00 e. The van der Waals surface area contributed by atoms with Crippen LogP contribution >= 0.6 is 0 Å². The second-order valence-corrected chi connectivity index (χ2v) is 4.03. The molecule has 0 heterocycles. The molecule has 0 saturated heterocycles. The summed E-state index contributed by atoms with van der Waals surface area (Å²) < 4.78 is 26.9. The maximum absolute atomic E-state index is 11.3. The number of benzene rings is 1. The Balaban J connectivity index is 0. The minimum absolute atomic E-state index is 0. The summed E-state index contributed by atoms with van der Waals surface area (Å²) in [5, 5.41) is 8.75. The third kappa shape index (κ3) is 4.08. The predicted octanol–water partition coefficient (Wildman–Crippen LogP) is -2.15. The summed E-state index contributed by atoms with van der Waals surface area (Å²) in [5.41, 5.74) is 0. The molecule has 0 bridgehead atoms. The van der Waals surface area contributed by atoms with Gasteiger partial charge in [-0.15, -0.1) is 0 Å². The number of hydrogen-bond acceptors (Lipinski definition) is 4. The molecule has 1 atom stereocenters. The molecule has 0 amide bonds. The van der Waals surface area contributed by atoms with Crippen LogP contribution in [0, 0.1) is 0 Å². The Kier molecular flexibility index (Phi) is 5.88. The van der Waals surface area contributed by atoms with E-state index in [2.05, 4.69) is 4.18 Å². The summed E-state index contributed by atoms with van der Waals surface area (Å²) in [7, 11) is -3.81. The van der Waals surface area contributed by atoms with Gasteiger partial charge in [-0.1, -0.05) is 18.2 Å². The third-order valence-corrected chi connectivity index (χ3v) is 2.68. The molecule has 0 aliphatic heterocycles. The molecule has 0 aliphatic rings. The van der Waals surface area contributed by atoms with E-state index in [1.807, 2.05) is 0 Å². The molecule has 0 saturated carbocycles. The van der Waals surface area contributed by atoms with Crippen molar-refractivity contribution in [1.82, 2.24) is 0 Å². The molecule has 74 valence electrons. The van der Waals surface area contributed by atoms with E-state index < -0.39 is 16.4 Å². The monoisotopic (exact) mass is 226 g/mol. The SMILES string of the molecule is CC(O)OS(=O)(=O)c1ccccc1.[H-].[Na+]. The van der Waals surface area contributed by atoms with Gasteiger partial charge >= 0.3 is 29.6 Å². The van der Waals surface area contributed by atoms with Crippen molar-refractivity contribution in [2.75, 3.05) is 0 Å². The smallest absolute Gasteiger partial charge is 1.00 e. The molecular weight excluding hydrogens is 215 g/mol. The van der Waals surface area contributed by atoms with Crippen molar-refractivity contribution in [3.63, 3.8) is 0 Å². The van der Waals surface area contributed by atoms with Crippen molar-refractivity contribution in [2.24, 2.45) is 0 Å². The molecule has 0 aromatic heterocycles. The Morgan fingerprint density at radius 1 is 1.36 bits per heavy atom. The van der Waals surface area contributed by atoms with Crippen molar-refractivity contribution in [3.05, 3.63) is 30.3 Å². The first kappa shape index (κ1) is 14.1. The van der Waals surface area contributed by atoms with E-state index in [0.29, 0.717) is 0 Å². The fourth-order valence-electron chi connectivity index (χ4n) is 0.826. The first-order valence-electron chi connectivity index (χ1n) is 3.69. The minimum atomic E-state index is -3.81. The summed E-state index contributed by atoms with van der Waals surface area (Å²) >= 11 is 0. The molecule has 14 heavy (non-hydrogen) atoms. The molecule has 0 aliphatic carbocycles. The number of hydrogen-bond donors (Lipinski definition) is 1. The molecule has 1 N–H and O–H groups in total. The van der Waals surface area contributed by atoms with E-state index in [-0.39, 0.29) is 35.9 Å². The van der Waals surface area contributed by atoms with Crippen molar-refractivity contribution in [3.8, 4) is 0 Å². The van der Waals surface area contributed by atoms with Crippen LogP contribution in [-0.4, -0.2) is 19.8 Å². The molecule has 0 fully saturated rings. The maximum atomic E-state index is 11.3. The van der Waals surface area contributed by atoms with Crippen LogP contribution in [0.25, 0.3) is 0 Å². The zero-order valence-corrected chi connectivity index (χ0v) is 10.9. The Bertz CT molecular complexity index is 365. The molecule has 1 unspecified atom stereocenters. The third-order valence-electron chi connectivity index (χ3n) is 1.30. The van der Waals surface area contributed by atoms with Gasteiger partial charge in [0.05, 0.1) is 4.90 Å². The standard InChI is InChI=1S/C8H10O4S.Na.H/c1-7(9)12-13(10,11)8-5-3-2-4-6-8;;/h2-7,9H,1H3;;/q;+1;-1. The normalized spacial score (nSPS) is 13.0. The zero-order valence-electron chi connectivity index (χ0n) is 9.04. The van der Waals surface area contributed by atoms with Gasteiger partial charge in [0.2, 0.25) is 0 Å². The van der Waals surface area contributed by atoms with Gasteiger partial charge in [0.15, 0.2) is 6.29 Å². The second kappa shape index (κ2) is 5.85. The van der Waals surface area contributed by atoms with Crippen molar-refractivity contribution in [2.45, 2.75) is 18.1 Å². The van der Waals surface area contributed by atoms with E-state index >= 15 is 0 Å². The Morgan fingerprint density at radius 2 is 1.86 bits per heavy atom. The van der Waals surface area contributed by atoms with Gasteiger partial charge in [0, 0.05) is 0 Å². The van der Waals surface area contributed by atoms with Gasteiger partial charge in [0.1, 0.15) is 0 Å². The molecule has 6 heteroatoms. The summed E-state index contributed by atoms with van der Waals surface area (Å²) in [5.74, 6) is 0. The first-order chi connectivity index (χ1) is 6.02. The van der Waals surface area contributed by atoms with Gasteiger partial charge < -0.3 is 6.53 Å². The first-order valence-corrected chi connectivity index (χ1v) is 5.09. The van der Waals surface area contributed by atoms with Crippen molar-refractivity contribution in [1.29, 1.82) is 0 Å². The van der Waals surface area contributed by atoms with Crippen LogP contribution in [0.1, 0.15) is 8.35 Å². The largest absolute Gasteiger partial charge is 1.00 e.